The van der Waals surface area contributed by atoms with Crippen molar-refractivity contribution >= 4 is 5.97 Å². The van der Waals surface area contributed by atoms with Crippen LogP contribution in [0.4, 0.5) is 8.78 Å². The largest absolute Gasteiger partial charge is 0.478 e. The standard InChI is InChI=1S/C10H10F2O2/c1-4-5(2)8(11)6(3)9(12)7(4)10(13)14/h1-3H3,(H,13,14). The van der Waals surface area contributed by atoms with Gasteiger partial charge in [0.2, 0.25) is 0 Å². The molecule has 0 amide bonds. The van der Waals surface area contributed by atoms with Gasteiger partial charge in [-0.1, -0.05) is 0 Å². The van der Waals surface area contributed by atoms with Gasteiger partial charge in [0, 0.05) is 5.56 Å². The number of hydrogen-bond donors (Lipinski definition) is 1. The van der Waals surface area contributed by atoms with E-state index in [0.717, 1.165) is 0 Å². The minimum absolute atomic E-state index is 0.137. The van der Waals surface area contributed by atoms with Crippen LogP contribution in [0.2, 0.25) is 0 Å². The fourth-order valence-corrected chi connectivity index (χ4v) is 1.34. The molecule has 0 bridgehead atoms. The van der Waals surface area contributed by atoms with E-state index < -0.39 is 23.2 Å². The molecule has 0 aromatic heterocycles. The molecule has 4 heteroatoms. The molecule has 0 radical (unpaired) electrons. The van der Waals surface area contributed by atoms with Gasteiger partial charge in [0.25, 0.3) is 0 Å². The van der Waals surface area contributed by atoms with Crippen LogP contribution in [0.3, 0.4) is 0 Å². The molecular formula is C10H10F2O2. The molecule has 0 aliphatic carbocycles. The van der Waals surface area contributed by atoms with Gasteiger partial charge < -0.3 is 5.11 Å². The number of carboxylic acid groups (broad SMARTS) is 1. The summed E-state index contributed by atoms with van der Waals surface area (Å²) in [5, 5.41) is 8.72. The highest BCUT2D eigenvalue weighted by Gasteiger charge is 2.21. The molecule has 0 unspecified atom stereocenters. The Morgan fingerprint density at radius 3 is 1.93 bits per heavy atom. The predicted octanol–water partition coefficient (Wildman–Crippen LogP) is 2.59. The van der Waals surface area contributed by atoms with E-state index in [-0.39, 0.29) is 16.7 Å². The van der Waals surface area contributed by atoms with Crippen molar-refractivity contribution in [1.82, 2.24) is 0 Å². The summed E-state index contributed by atoms with van der Waals surface area (Å²) in [6.07, 6.45) is 0. The fourth-order valence-electron chi connectivity index (χ4n) is 1.34. The molecule has 0 aliphatic rings. The monoisotopic (exact) mass is 200 g/mol. The van der Waals surface area contributed by atoms with Crippen LogP contribution < -0.4 is 0 Å². The number of hydrogen-bond acceptors (Lipinski definition) is 1. The van der Waals surface area contributed by atoms with E-state index in [1.807, 2.05) is 0 Å². The highest BCUT2D eigenvalue weighted by atomic mass is 19.1. The number of carbonyl (C=O) groups is 1. The van der Waals surface area contributed by atoms with Crippen molar-refractivity contribution in [2.75, 3.05) is 0 Å². The van der Waals surface area contributed by atoms with Crippen LogP contribution in [0, 0.1) is 32.4 Å². The number of carboxylic acids is 1. The average molecular weight is 200 g/mol. The van der Waals surface area contributed by atoms with Crippen molar-refractivity contribution in [3.8, 4) is 0 Å². The fraction of sp³-hybridized carbons (Fsp3) is 0.300. The maximum Gasteiger partial charge on any atom is 0.338 e. The van der Waals surface area contributed by atoms with Gasteiger partial charge in [-0.25, -0.2) is 13.6 Å². The van der Waals surface area contributed by atoms with Gasteiger partial charge in [-0.3, -0.25) is 0 Å². The zero-order valence-corrected chi connectivity index (χ0v) is 8.11. The number of rotatable bonds is 1. The van der Waals surface area contributed by atoms with Crippen LogP contribution >= 0.6 is 0 Å². The summed E-state index contributed by atoms with van der Waals surface area (Å²) in [5.41, 5.74) is -0.369. The van der Waals surface area contributed by atoms with Gasteiger partial charge in [-0.2, -0.15) is 0 Å². The lowest BCUT2D eigenvalue weighted by atomic mass is 9.98. The van der Waals surface area contributed by atoms with Crippen LogP contribution in [-0.2, 0) is 0 Å². The van der Waals surface area contributed by atoms with E-state index >= 15 is 0 Å². The Hall–Kier alpha value is -1.45. The minimum atomic E-state index is -1.37. The SMILES string of the molecule is Cc1c(C)c(C(=O)O)c(F)c(C)c1F. The van der Waals surface area contributed by atoms with E-state index in [1.54, 1.807) is 0 Å². The number of aromatic carboxylic acids is 1. The molecule has 1 aromatic carbocycles. The van der Waals surface area contributed by atoms with Crippen LogP contribution in [0.15, 0.2) is 0 Å². The zero-order valence-electron chi connectivity index (χ0n) is 8.11. The van der Waals surface area contributed by atoms with Crippen LogP contribution in [0.25, 0.3) is 0 Å². The van der Waals surface area contributed by atoms with Crippen molar-refractivity contribution in [3.05, 3.63) is 33.9 Å². The maximum absolute atomic E-state index is 13.3. The van der Waals surface area contributed by atoms with Gasteiger partial charge in [-0.15, -0.1) is 0 Å². The lowest BCUT2D eigenvalue weighted by molar-refractivity contribution is 0.0690. The third-order valence-electron chi connectivity index (χ3n) is 2.36. The third kappa shape index (κ3) is 1.36. The van der Waals surface area contributed by atoms with Gasteiger partial charge in [0.15, 0.2) is 0 Å². The summed E-state index contributed by atoms with van der Waals surface area (Å²) in [6.45, 7) is 4.05. The first kappa shape index (κ1) is 10.6. The van der Waals surface area contributed by atoms with Crippen molar-refractivity contribution in [1.29, 1.82) is 0 Å². The second-order valence-electron chi connectivity index (χ2n) is 3.18. The van der Waals surface area contributed by atoms with Gasteiger partial charge in [0.1, 0.15) is 11.6 Å². The number of halogens is 2. The minimum Gasteiger partial charge on any atom is -0.478 e. The highest BCUT2D eigenvalue weighted by molar-refractivity contribution is 5.90. The molecule has 0 aliphatic heterocycles. The van der Waals surface area contributed by atoms with Crippen LogP contribution in [-0.4, -0.2) is 11.1 Å². The summed E-state index contributed by atoms with van der Waals surface area (Å²) >= 11 is 0. The number of benzene rings is 1. The first-order valence-corrected chi connectivity index (χ1v) is 4.06. The van der Waals surface area contributed by atoms with Crippen molar-refractivity contribution < 1.29 is 18.7 Å². The second kappa shape index (κ2) is 3.36. The zero-order chi connectivity index (χ0) is 11.0. The first-order valence-electron chi connectivity index (χ1n) is 4.06. The van der Waals surface area contributed by atoms with Crippen molar-refractivity contribution in [3.63, 3.8) is 0 Å². The van der Waals surface area contributed by atoms with Crippen LogP contribution in [0.5, 0.6) is 0 Å². The molecule has 2 nitrogen and oxygen atoms in total. The molecule has 0 atom stereocenters. The molecule has 0 fully saturated rings. The molecule has 0 spiro atoms. The van der Waals surface area contributed by atoms with Gasteiger partial charge in [0.05, 0.1) is 5.56 Å². The topological polar surface area (TPSA) is 37.3 Å². The molecule has 0 saturated heterocycles. The van der Waals surface area contributed by atoms with E-state index in [4.69, 9.17) is 5.11 Å². The lowest BCUT2D eigenvalue weighted by Crippen LogP contribution is -2.09. The molecule has 1 rings (SSSR count). The predicted molar refractivity (Wildman–Crippen MR) is 47.5 cm³/mol. The van der Waals surface area contributed by atoms with E-state index in [9.17, 15) is 13.6 Å². The van der Waals surface area contributed by atoms with E-state index in [1.165, 1.54) is 20.8 Å². The molecule has 76 valence electrons. The highest BCUT2D eigenvalue weighted by Crippen LogP contribution is 2.24. The van der Waals surface area contributed by atoms with Gasteiger partial charge >= 0.3 is 5.97 Å². The Bertz CT molecular complexity index is 382. The normalized spacial score (nSPS) is 10.4. The Labute approximate surface area is 80.2 Å². The van der Waals surface area contributed by atoms with E-state index in [2.05, 4.69) is 0 Å². The molecule has 0 heterocycles. The van der Waals surface area contributed by atoms with E-state index in [0.29, 0.717) is 0 Å². The Morgan fingerprint density at radius 1 is 1.00 bits per heavy atom. The van der Waals surface area contributed by atoms with Crippen molar-refractivity contribution in [2.24, 2.45) is 0 Å². The Balaban J connectivity index is 3.68. The molecule has 1 N–H and O–H groups in total. The summed E-state index contributed by atoms with van der Waals surface area (Å²) in [4.78, 5) is 10.7. The quantitative estimate of drug-likeness (QED) is 0.756. The second-order valence-corrected chi connectivity index (χ2v) is 3.18. The maximum atomic E-state index is 13.3. The average Bonchev–Trinajstić information content (AvgIpc) is 2.11. The molecule has 14 heavy (non-hydrogen) atoms. The summed E-state index contributed by atoms with van der Waals surface area (Å²) in [6, 6.07) is 0. The first-order chi connectivity index (χ1) is 6.37. The summed E-state index contributed by atoms with van der Waals surface area (Å²) in [7, 11) is 0. The summed E-state index contributed by atoms with van der Waals surface area (Å²) in [5.74, 6) is -3.03. The Kier molecular flexibility index (Phi) is 2.55. The van der Waals surface area contributed by atoms with Crippen LogP contribution in [0.1, 0.15) is 27.0 Å². The Morgan fingerprint density at radius 2 is 1.50 bits per heavy atom. The molecular weight excluding hydrogens is 190 g/mol. The smallest absolute Gasteiger partial charge is 0.338 e. The molecule has 1 aromatic rings. The summed E-state index contributed by atoms with van der Waals surface area (Å²) < 4.78 is 26.6. The molecule has 0 saturated carbocycles. The third-order valence-corrected chi connectivity index (χ3v) is 2.36. The lowest BCUT2D eigenvalue weighted by Gasteiger charge is -2.10. The van der Waals surface area contributed by atoms with Gasteiger partial charge in [-0.05, 0) is 31.9 Å². The van der Waals surface area contributed by atoms with Crippen molar-refractivity contribution in [2.45, 2.75) is 20.8 Å².